The number of fused-ring (bicyclic) bond motifs is 1. The summed E-state index contributed by atoms with van der Waals surface area (Å²) in [5.74, 6) is 1.56. The summed E-state index contributed by atoms with van der Waals surface area (Å²) in [6.45, 7) is 2.32. The van der Waals surface area contributed by atoms with Gasteiger partial charge in [-0.25, -0.2) is 14.8 Å². The molecule has 0 radical (unpaired) electrons. The van der Waals surface area contributed by atoms with Crippen molar-refractivity contribution in [2.45, 2.75) is 13.0 Å². The van der Waals surface area contributed by atoms with Crippen LogP contribution in [0, 0.1) is 0 Å². The van der Waals surface area contributed by atoms with Gasteiger partial charge >= 0.3 is 5.97 Å². The lowest BCUT2D eigenvalue weighted by molar-refractivity contribution is 0.0527. The Labute approximate surface area is 219 Å². The fraction of sp³-hybridized carbons (Fsp3) is 0.240. The summed E-state index contributed by atoms with van der Waals surface area (Å²) in [5.41, 5.74) is 8.99. The van der Waals surface area contributed by atoms with Crippen molar-refractivity contribution < 1.29 is 19.0 Å². The fourth-order valence-electron chi connectivity index (χ4n) is 3.67. The Bertz CT molecular complexity index is 1360. The van der Waals surface area contributed by atoms with Gasteiger partial charge in [-0.05, 0) is 36.8 Å². The Balaban J connectivity index is 0.00000361. The van der Waals surface area contributed by atoms with Crippen molar-refractivity contribution >= 4 is 46.8 Å². The van der Waals surface area contributed by atoms with E-state index < -0.39 is 5.97 Å². The number of ether oxygens (including phenoxy) is 3. The van der Waals surface area contributed by atoms with Crippen molar-refractivity contribution in [3.63, 3.8) is 0 Å². The normalized spacial score (nSPS) is 11.5. The molecule has 0 aliphatic carbocycles. The smallest absolute Gasteiger partial charge is 0.341 e. The first-order valence-electron chi connectivity index (χ1n) is 11.0. The molecule has 0 saturated heterocycles. The van der Waals surface area contributed by atoms with E-state index in [4.69, 9.17) is 36.5 Å². The Kier molecular flexibility index (Phi) is 8.98. The number of nitrogens with one attached hydrogen (secondary N) is 1. The van der Waals surface area contributed by atoms with Crippen molar-refractivity contribution in [2.75, 3.05) is 32.7 Å². The molecule has 1 atom stereocenters. The van der Waals surface area contributed by atoms with Crippen LogP contribution in [0.15, 0.2) is 54.9 Å². The van der Waals surface area contributed by atoms with Crippen molar-refractivity contribution in [2.24, 2.45) is 5.73 Å². The van der Waals surface area contributed by atoms with E-state index in [0.717, 1.165) is 11.1 Å². The van der Waals surface area contributed by atoms with E-state index in [9.17, 15) is 4.79 Å². The van der Waals surface area contributed by atoms with E-state index in [1.807, 2.05) is 24.3 Å². The second-order valence-electron chi connectivity index (χ2n) is 7.64. The number of benzene rings is 2. The Hall–Kier alpha value is -3.53. The van der Waals surface area contributed by atoms with Crippen molar-refractivity contribution in [1.29, 1.82) is 0 Å². The van der Waals surface area contributed by atoms with Gasteiger partial charge in [0.15, 0.2) is 11.5 Å². The Morgan fingerprint density at radius 2 is 1.89 bits per heavy atom. The minimum atomic E-state index is -0.479. The maximum atomic E-state index is 12.6. The molecule has 4 aromatic rings. The van der Waals surface area contributed by atoms with Crippen LogP contribution in [-0.2, 0) is 4.74 Å². The lowest BCUT2D eigenvalue weighted by Gasteiger charge is -2.17. The molecule has 9 nitrogen and oxygen atoms in total. The quantitative estimate of drug-likeness (QED) is 0.296. The van der Waals surface area contributed by atoms with E-state index >= 15 is 0 Å². The van der Waals surface area contributed by atoms with Crippen LogP contribution in [0.2, 0.25) is 5.02 Å². The highest BCUT2D eigenvalue weighted by Crippen LogP contribution is 2.32. The van der Waals surface area contributed by atoms with E-state index in [1.165, 1.54) is 0 Å². The molecule has 11 heteroatoms. The molecule has 36 heavy (non-hydrogen) atoms. The first-order chi connectivity index (χ1) is 16.9. The standard InChI is InChI=1S/C25H26ClN5O4.ClH/c1-4-35-25(32)17-8-9-23(30-24(17)28-13-18(27)15-6-5-7-16(26)10-15)31-14-29-19-11-21(33-2)22(34-3)12-20(19)31;/h5-12,14,18H,4,13,27H2,1-3H3,(H,28,30);1H/t18-;/m0./s1. The van der Waals surface area contributed by atoms with E-state index in [-0.39, 0.29) is 25.1 Å². The first-order valence-corrected chi connectivity index (χ1v) is 11.4. The number of nitrogens with two attached hydrogens (primary N) is 1. The zero-order valence-corrected chi connectivity index (χ0v) is 21.6. The number of hydrogen-bond donors (Lipinski definition) is 2. The predicted molar refractivity (Wildman–Crippen MR) is 142 cm³/mol. The van der Waals surface area contributed by atoms with Crippen LogP contribution in [-0.4, -0.2) is 47.9 Å². The lowest BCUT2D eigenvalue weighted by Crippen LogP contribution is -2.22. The SMILES string of the molecule is CCOC(=O)c1ccc(-n2cnc3cc(OC)c(OC)cc32)nc1NC[C@H](N)c1cccc(Cl)c1.Cl. The monoisotopic (exact) mass is 531 g/mol. The number of anilines is 1. The number of imidazole rings is 1. The number of carbonyl (C=O) groups is 1. The molecule has 2 aromatic heterocycles. The third-order valence-electron chi connectivity index (χ3n) is 5.44. The third kappa shape index (κ3) is 5.64. The van der Waals surface area contributed by atoms with Crippen LogP contribution in [0.4, 0.5) is 5.82 Å². The number of methoxy groups -OCH3 is 2. The summed E-state index contributed by atoms with van der Waals surface area (Å²) in [7, 11) is 3.14. The van der Waals surface area contributed by atoms with Crippen molar-refractivity contribution in [1.82, 2.24) is 14.5 Å². The molecule has 0 bridgehead atoms. The number of carbonyl (C=O) groups excluding carboxylic acids is 1. The molecule has 190 valence electrons. The maximum absolute atomic E-state index is 12.6. The number of hydrogen-bond acceptors (Lipinski definition) is 8. The third-order valence-corrected chi connectivity index (χ3v) is 5.68. The highest BCUT2D eigenvalue weighted by molar-refractivity contribution is 6.30. The van der Waals surface area contributed by atoms with Gasteiger partial charge in [0.25, 0.3) is 0 Å². The van der Waals surface area contributed by atoms with Gasteiger partial charge in [-0.1, -0.05) is 23.7 Å². The zero-order chi connectivity index (χ0) is 24.9. The van der Waals surface area contributed by atoms with Gasteiger partial charge < -0.3 is 25.3 Å². The minimum absolute atomic E-state index is 0. The highest BCUT2D eigenvalue weighted by Gasteiger charge is 2.18. The highest BCUT2D eigenvalue weighted by atomic mass is 35.5. The largest absolute Gasteiger partial charge is 0.493 e. The molecular weight excluding hydrogens is 505 g/mol. The molecule has 0 aliphatic rings. The molecule has 0 spiro atoms. The van der Waals surface area contributed by atoms with Crippen LogP contribution < -0.4 is 20.5 Å². The summed E-state index contributed by atoms with van der Waals surface area (Å²) < 4.78 is 17.8. The van der Waals surface area contributed by atoms with Gasteiger partial charge in [-0.15, -0.1) is 12.4 Å². The average Bonchev–Trinajstić information content (AvgIpc) is 3.29. The predicted octanol–water partition coefficient (Wildman–Crippen LogP) is 4.80. The molecule has 2 heterocycles. The average molecular weight is 532 g/mol. The molecule has 0 saturated carbocycles. The maximum Gasteiger partial charge on any atom is 0.341 e. The van der Waals surface area contributed by atoms with Crippen molar-refractivity contribution in [3.8, 4) is 17.3 Å². The van der Waals surface area contributed by atoms with Gasteiger partial charge in [0, 0.05) is 29.7 Å². The molecule has 3 N–H and O–H groups in total. The zero-order valence-electron chi connectivity index (χ0n) is 20.0. The van der Waals surface area contributed by atoms with Gasteiger partial charge in [0.05, 0.1) is 31.9 Å². The van der Waals surface area contributed by atoms with Gasteiger partial charge in [-0.2, -0.15) is 0 Å². The summed E-state index contributed by atoms with van der Waals surface area (Å²) in [6, 6.07) is 14.0. The summed E-state index contributed by atoms with van der Waals surface area (Å²) >= 11 is 6.10. The topological polar surface area (TPSA) is 114 Å². The summed E-state index contributed by atoms with van der Waals surface area (Å²) in [4.78, 5) is 21.8. The Morgan fingerprint density at radius 1 is 1.14 bits per heavy atom. The molecule has 0 aliphatic heterocycles. The van der Waals surface area contributed by atoms with Crippen molar-refractivity contribution in [3.05, 3.63) is 71.0 Å². The second kappa shape index (κ2) is 11.9. The van der Waals surface area contributed by atoms with Crippen LogP contribution in [0.25, 0.3) is 16.9 Å². The molecule has 0 unspecified atom stereocenters. The number of pyridine rings is 1. The lowest BCUT2D eigenvalue weighted by atomic mass is 10.1. The van der Waals surface area contributed by atoms with Crippen LogP contribution in [0.1, 0.15) is 28.9 Å². The molecular formula is C25H27Cl2N5O4. The van der Waals surface area contributed by atoms with Gasteiger partial charge in [-0.3, -0.25) is 4.57 Å². The van der Waals surface area contributed by atoms with Crippen LogP contribution in [0.5, 0.6) is 11.5 Å². The number of nitrogens with zero attached hydrogens (tertiary/aromatic N) is 3. The molecule has 2 aromatic carbocycles. The second-order valence-corrected chi connectivity index (χ2v) is 8.08. The number of halogens is 2. The number of esters is 1. The molecule has 0 fully saturated rings. The van der Waals surface area contributed by atoms with Gasteiger partial charge in [0.1, 0.15) is 23.5 Å². The van der Waals surface area contributed by atoms with E-state index in [0.29, 0.717) is 45.8 Å². The first kappa shape index (κ1) is 27.1. The number of rotatable bonds is 9. The van der Waals surface area contributed by atoms with Crippen LogP contribution in [0.3, 0.4) is 0 Å². The molecule has 4 rings (SSSR count). The summed E-state index contributed by atoms with van der Waals surface area (Å²) in [5, 5.41) is 3.80. The number of aromatic nitrogens is 3. The minimum Gasteiger partial charge on any atom is -0.493 e. The molecule has 0 amide bonds. The summed E-state index contributed by atoms with van der Waals surface area (Å²) in [6.07, 6.45) is 1.65. The van der Waals surface area contributed by atoms with E-state index in [2.05, 4.69) is 10.3 Å². The van der Waals surface area contributed by atoms with Gasteiger partial charge in [0.2, 0.25) is 0 Å². The van der Waals surface area contributed by atoms with Crippen LogP contribution >= 0.6 is 24.0 Å². The fourth-order valence-corrected chi connectivity index (χ4v) is 3.87. The van der Waals surface area contributed by atoms with E-state index in [1.54, 1.807) is 56.3 Å². The Morgan fingerprint density at radius 3 is 2.58 bits per heavy atom.